The predicted octanol–water partition coefficient (Wildman–Crippen LogP) is 5.40. The fourth-order valence-corrected chi connectivity index (χ4v) is 2.95. The van der Waals surface area contributed by atoms with E-state index < -0.39 is 0 Å². The molecule has 0 atom stereocenters. The number of anilines is 1. The minimum Gasteiger partial charge on any atom is -0.489 e. The van der Waals surface area contributed by atoms with Gasteiger partial charge in [0.05, 0.1) is 10.6 Å². The number of hydrogen-bond acceptors (Lipinski definition) is 2. The Morgan fingerprint density at radius 2 is 1.96 bits per heavy atom. The van der Waals surface area contributed by atoms with Crippen LogP contribution in [0.25, 0.3) is 11.1 Å². The van der Waals surface area contributed by atoms with Gasteiger partial charge in [0.2, 0.25) is 5.91 Å². The van der Waals surface area contributed by atoms with Crippen molar-refractivity contribution < 1.29 is 9.53 Å². The van der Waals surface area contributed by atoms with Crippen molar-refractivity contribution >= 4 is 27.5 Å². The summed E-state index contributed by atoms with van der Waals surface area (Å²) in [5.41, 5.74) is 2.96. The maximum absolute atomic E-state index is 11.5. The molecule has 1 fully saturated rings. The van der Waals surface area contributed by atoms with Gasteiger partial charge in [-0.25, -0.2) is 0 Å². The van der Waals surface area contributed by atoms with E-state index in [9.17, 15) is 4.79 Å². The second kappa shape index (κ2) is 7.18. The molecule has 0 aliphatic heterocycles. The largest absolute Gasteiger partial charge is 0.489 e. The van der Waals surface area contributed by atoms with Gasteiger partial charge in [-0.3, -0.25) is 4.79 Å². The van der Waals surface area contributed by atoms with E-state index in [4.69, 9.17) is 4.74 Å². The summed E-state index contributed by atoms with van der Waals surface area (Å²) in [4.78, 5) is 11.5. The summed E-state index contributed by atoms with van der Waals surface area (Å²) in [6, 6.07) is 14.0. The summed E-state index contributed by atoms with van der Waals surface area (Å²) in [7, 11) is 0. The van der Waals surface area contributed by atoms with E-state index in [0.29, 0.717) is 12.5 Å². The van der Waals surface area contributed by atoms with Gasteiger partial charge in [-0.2, -0.15) is 0 Å². The molecule has 0 saturated heterocycles. The number of ether oxygens (including phenoxy) is 1. The van der Waals surface area contributed by atoms with E-state index >= 15 is 0 Å². The number of halogens is 1. The smallest absolute Gasteiger partial charge is 0.224 e. The van der Waals surface area contributed by atoms with Crippen LogP contribution in [-0.2, 0) is 4.79 Å². The van der Waals surface area contributed by atoms with Crippen LogP contribution >= 0.6 is 15.9 Å². The van der Waals surface area contributed by atoms with Crippen molar-refractivity contribution in [3.8, 4) is 16.9 Å². The minimum absolute atomic E-state index is 0.0224. The number of hydrogen-bond donors (Lipinski definition) is 1. The van der Waals surface area contributed by atoms with Gasteiger partial charge in [0.15, 0.2) is 0 Å². The third kappa shape index (κ3) is 3.75. The molecule has 2 aromatic rings. The molecule has 1 N–H and O–H groups in total. The molecular weight excluding hydrogens is 354 g/mol. The number of benzene rings is 2. The Hall–Kier alpha value is -1.81. The molecular formula is C19H20BrNO2. The molecule has 1 saturated carbocycles. The lowest BCUT2D eigenvalue weighted by Crippen LogP contribution is -2.25. The number of carbonyl (C=O) groups is 1. The van der Waals surface area contributed by atoms with Crippen LogP contribution in [0.5, 0.6) is 5.75 Å². The summed E-state index contributed by atoms with van der Waals surface area (Å²) >= 11 is 3.60. The predicted molar refractivity (Wildman–Crippen MR) is 96.8 cm³/mol. The molecule has 120 valence electrons. The Balaban J connectivity index is 1.85. The molecule has 0 unspecified atom stereocenters. The molecule has 0 aromatic heterocycles. The first kappa shape index (κ1) is 16.1. The lowest BCUT2D eigenvalue weighted by molar-refractivity contribution is -0.115. The molecule has 1 aliphatic rings. The van der Waals surface area contributed by atoms with Crippen LogP contribution in [-0.4, -0.2) is 12.0 Å². The summed E-state index contributed by atoms with van der Waals surface area (Å²) in [5.74, 6) is 0.928. The van der Waals surface area contributed by atoms with E-state index in [1.165, 1.54) is 6.42 Å². The molecule has 2 aromatic carbocycles. The van der Waals surface area contributed by atoms with Crippen LogP contribution in [0.2, 0.25) is 0 Å². The second-order valence-electron chi connectivity index (χ2n) is 5.77. The van der Waals surface area contributed by atoms with Gasteiger partial charge in [-0.15, -0.1) is 0 Å². The fourth-order valence-electron chi connectivity index (χ4n) is 2.49. The van der Waals surface area contributed by atoms with Gasteiger partial charge in [-0.1, -0.05) is 31.2 Å². The second-order valence-corrected chi connectivity index (χ2v) is 6.62. The molecule has 1 aliphatic carbocycles. The van der Waals surface area contributed by atoms with Crippen LogP contribution in [0.4, 0.5) is 5.69 Å². The zero-order valence-corrected chi connectivity index (χ0v) is 14.7. The lowest BCUT2D eigenvalue weighted by Gasteiger charge is -2.28. The summed E-state index contributed by atoms with van der Waals surface area (Å²) in [6.45, 7) is 1.84. The lowest BCUT2D eigenvalue weighted by atomic mass is 9.96. The zero-order valence-electron chi connectivity index (χ0n) is 13.1. The molecule has 1 amide bonds. The number of amides is 1. The van der Waals surface area contributed by atoms with Crippen LogP contribution in [0.15, 0.2) is 46.9 Å². The SMILES string of the molecule is CCC(=O)Nc1ccc(-c2cccc(Br)c2OC2CCC2)cc1. The van der Waals surface area contributed by atoms with Crippen LogP contribution in [0, 0.1) is 0 Å². The molecule has 4 heteroatoms. The van der Waals surface area contributed by atoms with E-state index in [-0.39, 0.29) is 5.91 Å². The van der Waals surface area contributed by atoms with Crippen LogP contribution < -0.4 is 10.1 Å². The number of rotatable bonds is 5. The molecule has 23 heavy (non-hydrogen) atoms. The average molecular weight is 374 g/mol. The summed E-state index contributed by atoms with van der Waals surface area (Å²) < 4.78 is 7.14. The van der Waals surface area contributed by atoms with Crippen LogP contribution in [0.1, 0.15) is 32.6 Å². The Morgan fingerprint density at radius 1 is 1.22 bits per heavy atom. The summed E-state index contributed by atoms with van der Waals surface area (Å²) in [5, 5.41) is 2.87. The molecule has 0 heterocycles. The Labute approximate surface area is 145 Å². The van der Waals surface area contributed by atoms with Crippen molar-refractivity contribution in [2.24, 2.45) is 0 Å². The van der Waals surface area contributed by atoms with Crippen molar-refractivity contribution in [3.63, 3.8) is 0 Å². The third-order valence-electron chi connectivity index (χ3n) is 4.10. The zero-order chi connectivity index (χ0) is 16.2. The first-order valence-electron chi connectivity index (χ1n) is 8.03. The molecule has 0 bridgehead atoms. The normalized spacial score (nSPS) is 14.2. The Bertz CT molecular complexity index is 693. The third-order valence-corrected chi connectivity index (χ3v) is 4.73. The van der Waals surface area contributed by atoms with Gasteiger partial charge in [0.25, 0.3) is 0 Å². The fraction of sp³-hybridized carbons (Fsp3) is 0.316. The van der Waals surface area contributed by atoms with Gasteiger partial charge >= 0.3 is 0 Å². The van der Waals surface area contributed by atoms with E-state index in [2.05, 4.69) is 27.3 Å². The first-order chi connectivity index (χ1) is 11.2. The van der Waals surface area contributed by atoms with Gasteiger partial charge in [0, 0.05) is 17.7 Å². The van der Waals surface area contributed by atoms with E-state index in [1.54, 1.807) is 0 Å². The monoisotopic (exact) mass is 373 g/mol. The first-order valence-corrected chi connectivity index (χ1v) is 8.82. The van der Waals surface area contributed by atoms with Gasteiger partial charge in [0.1, 0.15) is 5.75 Å². The number of para-hydroxylation sites is 1. The summed E-state index contributed by atoms with van der Waals surface area (Å²) in [6.07, 6.45) is 4.31. The maximum Gasteiger partial charge on any atom is 0.224 e. The van der Waals surface area contributed by atoms with Crippen molar-refractivity contribution in [2.45, 2.75) is 38.7 Å². The maximum atomic E-state index is 11.5. The molecule has 0 radical (unpaired) electrons. The average Bonchev–Trinajstić information content (AvgIpc) is 2.52. The molecule has 3 nitrogen and oxygen atoms in total. The number of nitrogens with one attached hydrogen (secondary N) is 1. The van der Waals surface area contributed by atoms with Crippen molar-refractivity contribution in [3.05, 3.63) is 46.9 Å². The quantitative estimate of drug-likeness (QED) is 0.762. The number of carbonyl (C=O) groups excluding carboxylic acids is 1. The van der Waals surface area contributed by atoms with Gasteiger partial charge < -0.3 is 10.1 Å². The molecule has 0 spiro atoms. The molecule has 3 rings (SSSR count). The van der Waals surface area contributed by atoms with E-state index in [0.717, 1.165) is 39.9 Å². The van der Waals surface area contributed by atoms with E-state index in [1.807, 2.05) is 43.3 Å². The Kier molecular flexibility index (Phi) is 5.01. The van der Waals surface area contributed by atoms with Gasteiger partial charge in [-0.05, 0) is 59.0 Å². The Morgan fingerprint density at radius 3 is 2.57 bits per heavy atom. The standard InChI is InChI=1S/C19H20BrNO2/c1-2-18(22)21-14-11-9-13(10-12-14)16-7-4-8-17(20)19(16)23-15-5-3-6-15/h4,7-12,15H,2-3,5-6H2,1H3,(H,21,22). The minimum atomic E-state index is 0.0224. The van der Waals surface area contributed by atoms with Crippen molar-refractivity contribution in [2.75, 3.05) is 5.32 Å². The van der Waals surface area contributed by atoms with Crippen molar-refractivity contribution in [1.82, 2.24) is 0 Å². The van der Waals surface area contributed by atoms with Crippen LogP contribution in [0.3, 0.4) is 0 Å². The highest BCUT2D eigenvalue weighted by Gasteiger charge is 2.22. The highest BCUT2D eigenvalue weighted by molar-refractivity contribution is 9.10. The topological polar surface area (TPSA) is 38.3 Å². The highest BCUT2D eigenvalue weighted by Crippen LogP contribution is 2.39. The van der Waals surface area contributed by atoms with Crippen molar-refractivity contribution in [1.29, 1.82) is 0 Å². The highest BCUT2D eigenvalue weighted by atomic mass is 79.9.